The first-order valence-corrected chi connectivity index (χ1v) is 4.59. The Kier molecular flexibility index (Phi) is 1.97. The Bertz CT molecular complexity index is 283. The van der Waals surface area contributed by atoms with Gasteiger partial charge in [-0.05, 0) is 13.8 Å². The summed E-state index contributed by atoms with van der Waals surface area (Å²) in [6.07, 6.45) is -1.21. The molecule has 2 heterocycles. The molecule has 0 radical (unpaired) electrons. The van der Waals surface area contributed by atoms with Crippen LogP contribution in [0.3, 0.4) is 0 Å². The monoisotopic (exact) mass is 202 g/mol. The van der Waals surface area contributed by atoms with Crippen molar-refractivity contribution in [3.05, 3.63) is 0 Å². The second kappa shape index (κ2) is 3.18. The number of carbonyl (C=O) groups is 1. The van der Waals surface area contributed by atoms with Crippen molar-refractivity contribution in [1.29, 1.82) is 0 Å². The quantitative estimate of drug-likeness (QED) is 0.612. The van der Waals surface area contributed by atoms with Crippen molar-refractivity contribution in [2.45, 2.75) is 38.2 Å². The summed E-state index contributed by atoms with van der Waals surface area (Å²) in [4.78, 5) is 16.0. The lowest BCUT2D eigenvalue weighted by Crippen LogP contribution is -2.38. The van der Waals surface area contributed by atoms with Crippen LogP contribution in [0, 0.1) is 0 Å². The molecule has 0 unspecified atom stereocenters. The summed E-state index contributed by atoms with van der Waals surface area (Å²) in [6, 6.07) is -0.390. The summed E-state index contributed by atoms with van der Waals surface area (Å²) >= 11 is 0. The van der Waals surface area contributed by atoms with E-state index in [0.29, 0.717) is 6.61 Å². The maximum absolute atomic E-state index is 11.2. The number of nitrogens with zero attached hydrogens (tertiary/aromatic N) is 1. The highest BCUT2D eigenvalue weighted by molar-refractivity contribution is 5.71. The minimum atomic E-state index is -0.919. The van der Waals surface area contributed by atoms with E-state index in [4.69, 9.17) is 15.7 Å². The highest BCUT2D eigenvalue weighted by atomic mass is 16.8. The van der Waals surface area contributed by atoms with Gasteiger partial charge < -0.3 is 14.3 Å². The van der Waals surface area contributed by atoms with Gasteiger partial charge in [0.15, 0.2) is 5.79 Å². The second-order valence-electron chi connectivity index (χ2n) is 3.98. The standard InChI is InChI=1S/C9H15NO4/c1-9(2)12-5-7(13-9)6-4-8(11)14-10(6)3/h6-7H,4-5H2,1-3H3/t6-,7-/m1/s1/i4D/t4-,6+,7+/m0. The second-order valence-corrected chi connectivity index (χ2v) is 3.98. The molecule has 0 aromatic carbocycles. The molecule has 14 heavy (non-hydrogen) atoms. The van der Waals surface area contributed by atoms with Gasteiger partial charge in [-0.3, -0.25) is 4.79 Å². The number of hydrogen-bond donors (Lipinski definition) is 0. The molecule has 2 saturated heterocycles. The van der Waals surface area contributed by atoms with Crippen molar-refractivity contribution in [3.8, 4) is 0 Å². The third kappa shape index (κ3) is 1.75. The van der Waals surface area contributed by atoms with Crippen molar-refractivity contribution in [1.82, 2.24) is 5.06 Å². The molecule has 0 saturated carbocycles. The van der Waals surface area contributed by atoms with E-state index in [-0.39, 0.29) is 12.1 Å². The molecular weight excluding hydrogens is 186 g/mol. The highest BCUT2D eigenvalue weighted by Gasteiger charge is 2.43. The molecule has 2 fully saturated rings. The average molecular weight is 202 g/mol. The third-order valence-corrected chi connectivity index (χ3v) is 2.37. The first-order chi connectivity index (χ1) is 6.91. The van der Waals surface area contributed by atoms with Gasteiger partial charge in [0, 0.05) is 8.42 Å². The molecular formula is C9H15NO4. The highest BCUT2D eigenvalue weighted by Crippen LogP contribution is 2.29. The van der Waals surface area contributed by atoms with E-state index in [2.05, 4.69) is 0 Å². The van der Waals surface area contributed by atoms with Crippen molar-refractivity contribution >= 4 is 5.97 Å². The van der Waals surface area contributed by atoms with Gasteiger partial charge in [-0.2, -0.15) is 0 Å². The molecule has 2 aliphatic rings. The summed E-state index contributed by atoms with van der Waals surface area (Å²) in [5.41, 5.74) is 0. The molecule has 0 aromatic rings. The van der Waals surface area contributed by atoms with E-state index < -0.39 is 18.2 Å². The van der Waals surface area contributed by atoms with Crippen LogP contribution in [0.4, 0.5) is 0 Å². The Morgan fingerprint density at radius 1 is 1.64 bits per heavy atom. The van der Waals surface area contributed by atoms with Crippen LogP contribution in [-0.2, 0) is 19.1 Å². The molecule has 5 heteroatoms. The first kappa shape index (κ1) is 8.64. The number of hydroxylamine groups is 2. The van der Waals surface area contributed by atoms with Crippen LogP contribution >= 0.6 is 0 Å². The van der Waals surface area contributed by atoms with Gasteiger partial charge in [0.1, 0.15) is 6.10 Å². The Morgan fingerprint density at radius 3 is 2.79 bits per heavy atom. The molecule has 80 valence electrons. The maximum Gasteiger partial charge on any atom is 0.326 e. The van der Waals surface area contributed by atoms with E-state index in [9.17, 15) is 4.79 Å². The van der Waals surface area contributed by atoms with Crippen LogP contribution in [0.25, 0.3) is 0 Å². The van der Waals surface area contributed by atoms with Gasteiger partial charge in [-0.25, -0.2) is 0 Å². The van der Waals surface area contributed by atoms with Gasteiger partial charge in [0.05, 0.1) is 19.0 Å². The predicted octanol–water partition coefficient (Wildman–Crippen LogP) is 0.300. The SMILES string of the molecule is [2H][C@@H]1C(=O)ON(C)[C@H]1[C@H]1COC(C)(C)O1. The molecule has 0 spiro atoms. The van der Waals surface area contributed by atoms with E-state index in [0.717, 1.165) is 0 Å². The number of likely N-dealkylation sites (N-methyl/N-ethyl adjacent to an activating group) is 1. The maximum atomic E-state index is 11.2. The van der Waals surface area contributed by atoms with Gasteiger partial charge in [-0.1, -0.05) is 0 Å². The van der Waals surface area contributed by atoms with Crippen molar-refractivity contribution in [2.75, 3.05) is 13.7 Å². The van der Waals surface area contributed by atoms with Crippen LogP contribution in [0.15, 0.2) is 0 Å². The molecule has 3 atom stereocenters. The molecule has 2 aliphatic heterocycles. The lowest BCUT2D eigenvalue weighted by molar-refractivity contribution is -0.180. The minimum absolute atomic E-state index is 0.293. The fraction of sp³-hybridized carbons (Fsp3) is 0.889. The van der Waals surface area contributed by atoms with Crippen LogP contribution < -0.4 is 0 Å². The summed E-state index contributed by atoms with van der Waals surface area (Å²) < 4.78 is 18.7. The normalized spacial score (nSPS) is 43.8. The molecule has 2 rings (SSSR count). The Labute approximate surface area is 84.3 Å². The Morgan fingerprint density at radius 2 is 2.36 bits per heavy atom. The van der Waals surface area contributed by atoms with Crippen molar-refractivity contribution in [3.63, 3.8) is 0 Å². The molecule has 0 aliphatic carbocycles. The average Bonchev–Trinajstić information content (AvgIpc) is 2.56. The Hall–Kier alpha value is -0.650. The number of hydrogen-bond acceptors (Lipinski definition) is 5. The van der Waals surface area contributed by atoms with Crippen LogP contribution in [0.5, 0.6) is 0 Å². The lowest BCUT2D eigenvalue weighted by atomic mass is 10.1. The van der Waals surface area contributed by atoms with E-state index >= 15 is 0 Å². The van der Waals surface area contributed by atoms with E-state index in [1.807, 2.05) is 13.8 Å². The summed E-state index contributed by atoms with van der Waals surface area (Å²) in [5.74, 6) is -1.17. The summed E-state index contributed by atoms with van der Waals surface area (Å²) in [5, 5.41) is 1.38. The lowest BCUT2D eigenvalue weighted by Gasteiger charge is -2.22. The molecule has 0 bridgehead atoms. The van der Waals surface area contributed by atoms with Gasteiger partial charge in [0.25, 0.3) is 0 Å². The Balaban J connectivity index is 2.08. The summed E-state index contributed by atoms with van der Waals surface area (Å²) in [6.45, 7) is 4.00. The van der Waals surface area contributed by atoms with Crippen LogP contribution in [0.2, 0.25) is 0 Å². The summed E-state index contributed by atoms with van der Waals surface area (Å²) in [7, 11) is 1.63. The van der Waals surface area contributed by atoms with E-state index in [1.165, 1.54) is 5.06 Å². The zero-order valence-electron chi connectivity index (χ0n) is 9.52. The van der Waals surface area contributed by atoms with Crippen LogP contribution in [-0.4, -0.2) is 42.6 Å². The topological polar surface area (TPSA) is 48.0 Å². The zero-order valence-corrected chi connectivity index (χ0v) is 8.52. The van der Waals surface area contributed by atoms with E-state index in [1.54, 1.807) is 7.05 Å². The van der Waals surface area contributed by atoms with Crippen LogP contribution in [0.1, 0.15) is 21.6 Å². The molecule has 0 aromatic heterocycles. The molecule has 0 N–H and O–H groups in total. The largest absolute Gasteiger partial charge is 0.368 e. The predicted molar refractivity (Wildman–Crippen MR) is 47.2 cm³/mol. The third-order valence-electron chi connectivity index (χ3n) is 2.37. The van der Waals surface area contributed by atoms with Gasteiger partial charge >= 0.3 is 5.97 Å². The van der Waals surface area contributed by atoms with Gasteiger partial charge in [-0.15, -0.1) is 5.06 Å². The van der Waals surface area contributed by atoms with Crippen molar-refractivity contribution < 1.29 is 20.5 Å². The fourth-order valence-corrected chi connectivity index (χ4v) is 1.70. The minimum Gasteiger partial charge on any atom is -0.368 e. The van der Waals surface area contributed by atoms with Gasteiger partial charge in [0.2, 0.25) is 0 Å². The zero-order chi connectivity index (χ0) is 11.2. The smallest absolute Gasteiger partial charge is 0.326 e. The van der Waals surface area contributed by atoms with Crippen molar-refractivity contribution in [2.24, 2.45) is 0 Å². The number of ether oxygens (including phenoxy) is 2. The number of rotatable bonds is 1. The fourth-order valence-electron chi connectivity index (χ4n) is 1.70. The molecule has 0 amide bonds. The number of carbonyl (C=O) groups excluding carboxylic acids is 1. The molecule has 5 nitrogen and oxygen atoms in total. The first-order valence-electron chi connectivity index (χ1n) is 5.17.